The lowest BCUT2D eigenvalue weighted by atomic mass is 9.95. The van der Waals surface area contributed by atoms with E-state index in [0.29, 0.717) is 6.42 Å². The van der Waals surface area contributed by atoms with Crippen molar-refractivity contribution < 1.29 is 19.1 Å². The molecule has 3 unspecified atom stereocenters. The lowest BCUT2D eigenvalue weighted by molar-refractivity contribution is -0.142. The van der Waals surface area contributed by atoms with Gasteiger partial charge in [0.05, 0.1) is 0 Å². The van der Waals surface area contributed by atoms with E-state index in [9.17, 15) is 14.4 Å². The molecule has 0 heterocycles. The van der Waals surface area contributed by atoms with E-state index >= 15 is 0 Å². The van der Waals surface area contributed by atoms with E-state index in [-0.39, 0.29) is 23.8 Å². The van der Waals surface area contributed by atoms with Gasteiger partial charge in [-0.3, -0.25) is 9.59 Å². The highest BCUT2D eigenvalue weighted by Gasteiger charge is 2.36. The highest BCUT2D eigenvalue weighted by Crippen LogP contribution is 2.25. The quantitative estimate of drug-likeness (QED) is 0.623. The molecule has 0 saturated carbocycles. The van der Waals surface area contributed by atoms with E-state index < -0.39 is 23.8 Å². The number of aryl methyl sites for hydroxylation is 2. The van der Waals surface area contributed by atoms with E-state index in [2.05, 4.69) is 10.6 Å². The summed E-state index contributed by atoms with van der Waals surface area (Å²) in [5.41, 5.74) is 2.19. The average Bonchev–Trinajstić information content (AvgIpc) is 2.65. The molecule has 0 aliphatic carbocycles. The Hall–Kier alpha value is -2.57. The summed E-state index contributed by atoms with van der Waals surface area (Å²) < 4.78 is 5.37. The fraction of sp³-hybridized carbons (Fsp3) is 0.640. The van der Waals surface area contributed by atoms with Crippen LogP contribution in [0.3, 0.4) is 0 Å². The van der Waals surface area contributed by atoms with Crippen LogP contribution in [0.4, 0.5) is 4.79 Å². The average molecular weight is 448 g/mol. The zero-order valence-electron chi connectivity index (χ0n) is 21.3. The maximum atomic E-state index is 13.6. The highest BCUT2D eigenvalue weighted by molar-refractivity contribution is 5.92. The summed E-state index contributed by atoms with van der Waals surface area (Å²) in [5.74, 6) is -0.752. The minimum Gasteiger partial charge on any atom is -0.444 e. The third kappa shape index (κ3) is 7.84. The number of hydrogen-bond donors (Lipinski definition) is 2. The molecule has 0 spiro atoms. The number of nitrogens with one attached hydrogen (secondary N) is 2. The zero-order valence-corrected chi connectivity index (χ0v) is 21.3. The largest absolute Gasteiger partial charge is 0.444 e. The van der Waals surface area contributed by atoms with Crippen molar-refractivity contribution in [2.45, 2.75) is 92.5 Å². The summed E-state index contributed by atoms with van der Waals surface area (Å²) in [6, 6.07) is 4.03. The molecular formula is C25H41N3O4. The third-order valence-electron chi connectivity index (χ3n) is 5.41. The lowest BCUT2D eigenvalue weighted by Crippen LogP contribution is -2.54. The molecular weight excluding hydrogens is 406 g/mol. The molecule has 0 saturated heterocycles. The van der Waals surface area contributed by atoms with Crippen molar-refractivity contribution in [1.82, 2.24) is 15.5 Å². The maximum absolute atomic E-state index is 13.6. The molecule has 1 aromatic carbocycles. The number of alkyl carbamates (subject to hydrolysis) is 1. The first kappa shape index (κ1) is 27.5. The van der Waals surface area contributed by atoms with Gasteiger partial charge in [0, 0.05) is 13.1 Å². The summed E-state index contributed by atoms with van der Waals surface area (Å²) in [6.45, 7) is 16.9. The Bertz CT molecular complexity index is 814. The number of likely N-dealkylation sites (N-methyl/N-ethyl adjacent to an activating group) is 1. The predicted molar refractivity (Wildman–Crippen MR) is 127 cm³/mol. The first-order valence-corrected chi connectivity index (χ1v) is 11.3. The Morgan fingerprint density at radius 2 is 1.62 bits per heavy atom. The lowest BCUT2D eigenvalue weighted by Gasteiger charge is -2.34. The summed E-state index contributed by atoms with van der Waals surface area (Å²) in [5, 5.41) is 5.65. The number of carbonyl (C=O) groups is 3. The van der Waals surface area contributed by atoms with Gasteiger partial charge >= 0.3 is 6.09 Å². The van der Waals surface area contributed by atoms with E-state index in [1.54, 1.807) is 27.8 Å². The SMILES string of the molecule is CCC(C)C(NC(=O)OC(C)(C)C)C(=O)N(C)C(C(=O)NC(C)C)c1ccc(C)c(C)c1. The van der Waals surface area contributed by atoms with Crippen LogP contribution >= 0.6 is 0 Å². The fourth-order valence-corrected chi connectivity index (χ4v) is 3.31. The van der Waals surface area contributed by atoms with Crippen molar-refractivity contribution in [3.05, 3.63) is 34.9 Å². The Morgan fingerprint density at radius 3 is 2.09 bits per heavy atom. The van der Waals surface area contributed by atoms with Gasteiger partial charge in [0.2, 0.25) is 11.8 Å². The van der Waals surface area contributed by atoms with Crippen molar-refractivity contribution in [1.29, 1.82) is 0 Å². The molecule has 0 bridgehead atoms. The highest BCUT2D eigenvalue weighted by atomic mass is 16.6. The number of hydrogen-bond acceptors (Lipinski definition) is 4. The van der Waals surface area contributed by atoms with Gasteiger partial charge in [-0.2, -0.15) is 0 Å². The molecule has 3 atom stereocenters. The van der Waals surface area contributed by atoms with Crippen molar-refractivity contribution in [3.63, 3.8) is 0 Å². The van der Waals surface area contributed by atoms with Gasteiger partial charge in [0.25, 0.3) is 0 Å². The van der Waals surface area contributed by atoms with Gasteiger partial charge in [-0.15, -0.1) is 0 Å². The number of carbonyl (C=O) groups excluding carboxylic acids is 3. The fourth-order valence-electron chi connectivity index (χ4n) is 3.31. The first-order chi connectivity index (χ1) is 14.7. The second-order valence-electron chi connectivity index (χ2n) is 9.87. The molecule has 0 radical (unpaired) electrons. The normalized spacial score (nSPS) is 14.3. The topological polar surface area (TPSA) is 87.7 Å². The molecule has 32 heavy (non-hydrogen) atoms. The van der Waals surface area contributed by atoms with Crippen molar-refractivity contribution >= 4 is 17.9 Å². The smallest absolute Gasteiger partial charge is 0.408 e. The summed E-state index contributed by atoms with van der Waals surface area (Å²) in [6.07, 6.45) is 0.0194. The number of amides is 3. The van der Waals surface area contributed by atoms with Crippen molar-refractivity contribution in [2.24, 2.45) is 5.92 Å². The minimum atomic E-state index is -0.823. The van der Waals surface area contributed by atoms with Gasteiger partial charge in [0.15, 0.2) is 0 Å². The minimum absolute atomic E-state index is 0.0784. The van der Waals surface area contributed by atoms with Crippen LogP contribution in [0.1, 0.15) is 77.6 Å². The van der Waals surface area contributed by atoms with Crippen LogP contribution in [-0.4, -0.2) is 47.5 Å². The third-order valence-corrected chi connectivity index (χ3v) is 5.41. The van der Waals surface area contributed by atoms with E-state index in [1.807, 2.05) is 59.7 Å². The Labute approximate surface area is 193 Å². The van der Waals surface area contributed by atoms with Gasteiger partial charge in [-0.1, -0.05) is 38.5 Å². The summed E-state index contributed by atoms with van der Waals surface area (Å²) in [4.78, 5) is 40.6. The van der Waals surface area contributed by atoms with Crippen LogP contribution in [0, 0.1) is 19.8 Å². The second kappa shape index (κ2) is 11.3. The van der Waals surface area contributed by atoms with Crippen LogP contribution in [0.5, 0.6) is 0 Å². The van der Waals surface area contributed by atoms with Gasteiger partial charge in [-0.05, 0) is 71.1 Å². The Kier molecular flexibility index (Phi) is 9.73. The van der Waals surface area contributed by atoms with Gasteiger partial charge < -0.3 is 20.3 Å². The monoisotopic (exact) mass is 447 g/mol. The second-order valence-corrected chi connectivity index (χ2v) is 9.87. The molecule has 7 nitrogen and oxygen atoms in total. The van der Waals surface area contributed by atoms with E-state index in [4.69, 9.17) is 4.74 Å². The Balaban J connectivity index is 3.32. The van der Waals surface area contributed by atoms with Crippen molar-refractivity contribution in [3.8, 4) is 0 Å². The van der Waals surface area contributed by atoms with Crippen LogP contribution in [0.2, 0.25) is 0 Å². The van der Waals surface area contributed by atoms with E-state index in [0.717, 1.165) is 16.7 Å². The molecule has 7 heteroatoms. The number of rotatable bonds is 8. The standard InChI is InChI=1S/C25H41N3O4/c1-11-16(4)20(27-24(31)32-25(7,8)9)23(30)28(10)21(22(29)26-15(2)3)19-13-12-17(5)18(6)14-19/h12-16,20-21H,11H2,1-10H3,(H,26,29)(H,27,31). The first-order valence-electron chi connectivity index (χ1n) is 11.3. The predicted octanol–water partition coefficient (Wildman–Crippen LogP) is 4.27. The molecule has 0 fully saturated rings. The van der Waals surface area contributed by atoms with Crippen LogP contribution in [-0.2, 0) is 14.3 Å². The zero-order chi connectivity index (χ0) is 24.8. The number of ether oxygens (including phenoxy) is 1. The van der Waals surface area contributed by atoms with Gasteiger partial charge in [0.1, 0.15) is 17.7 Å². The maximum Gasteiger partial charge on any atom is 0.408 e. The molecule has 1 rings (SSSR count). The summed E-state index contributed by atoms with van der Waals surface area (Å²) >= 11 is 0. The number of benzene rings is 1. The molecule has 180 valence electrons. The Morgan fingerprint density at radius 1 is 1.03 bits per heavy atom. The molecule has 0 aliphatic heterocycles. The van der Waals surface area contributed by atoms with Crippen LogP contribution in [0.25, 0.3) is 0 Å². The molecule has 1 aromatic rings. The molecule has 0 aromatic heterocycles. The molecule has 3 amide bonds. The summed E-state index contributed by atoms with van der Waals surface area (Å²) in [7, 11) is 1.61. The van der Waals surface area contributed by atoms with Crippen LogP contribution < -0.4 is 10.6 Å². The van der Waals surface area contributed by atoms with Crippen molar-refractivity contribution in [2.75, 3.05) is 7.05 Å². The molecule has 0 aliphatic rings. The van der Waals surface area contributed by atoms with Crippen LogP contribution in [0.15, 0.2) is 18.2 Å². The van der Waals surface area contributed by atoms with Gasteiger partial charge in [-0.25, -0.2) is 4.79 Å². The van der Waals surface area contributed by atoms with E-state index in [1.165, 1.54) is 4.90 Å². The molecule has 2 N–H and O–H groups in total. The number of nitrogens with zero attached hydrogens (tertiary/aromatic N) is 1.